The van der Waals surface area contributed by atoms with Crippen LogP contribution in [0.15, 0.2) is 41.0 Å². The van der Waals surface area contributed by atoms with E-state index in [0.717, 1.165) is 5.76 Å². The first-order valence-corrected chi connectivity index (χ1v) is 6.15. The van der Waals surface area contributed by atoms with Crippen molar-refractivity contribution in [3.63, 3.8) is 0 Å². The minimum absolute atomic E-state index is 0.0337. The summed E-state index contributed by atoms with van der Waals surface area (Å²) in [5, 5.41) is 14.6. The van der Waals surface area contributed by atoms with Crippen LogP contribution in [0.3, 0.4) is 0 Å². The van der Waals surface area contributed by atoms with Crippen molar-refractivity contribution in [2.45, 2.75) is 19.5 Å². The molecule has 0 unspecified atom stereocenters. The molecule has 0 aliphatic rings. The molecule has 1 aromatic carbocycles. The molecule has 1 heterocycles. The molecule has 6 heteroatoms. The maximum Gasteiger partial charge on any atom is 0.273 e. The van der Waals surface area contributed by atoms with Crippen LogP contribution in [0.1, 0.15) is 24.3 Å². The highest BCUT2D eigenvalue weighted by atomic mass is 35.5. The fourth-order valence-electron chi connectivity index (χ4n) is 1.78. The van der Waals surface area contributed by atoms with Crippen molar-refractivity contribution < 1.29 is 9.34 Å². The van der Waals surface area contributed by atoms with Gasteiger partial charge in [-0.15, -0.1) is 0 Å². The van der Waals surface area contributed by atoms with Gasteiger partial charge < -0.3 is 9.73 Å². The summed E-state index contributed by atoms with van der Waals surface area (Å²) in [5.41, 5.74) is 0.611. The van der Waals surface area contributed by atoms with Crippen molar-refractivity contribution in [3.05, 3.63) is 63.1 Å². The van der Waals surface area contributed by atoms with Crippen molar-refractivity contribution in [1.29, 1.82) is 0 Å². The standard InChI is InChI=1S/C13H13ClN2O3/c1-9(13-3-2-6-19-13)15-8-10-7-11(14)4-5-12(10)16(17)18/h2-7,9,15H,8H2,1H3/t9-/m1/s1. The zero-order valence-electron chi connectivity index (χ0n) is 10.3. The second-order valence-electron chi connectivity index (χ2n) is 4.15. The second kappa shape index (κ2) is 5.86. The summed E-state index contributed by atoms with van der Waals surface area (Å²) in [5.74, 6) is 0.782. The second-order valence-corrected chi connectivity index (χ2v) is 4.58. The number of hydrogen-bond donors (Lipinski definition) is 1. The maximum absolute atomic E-state index is 10.9. The lowest BCUT2D eigenvalue weighted by molar-refractivity contribution is -0.385. The third kappa shape index (κ3) is 3.33. The van der Waals surface area contributed by atoms with Crippen LogP contribution >= 0.6 is 11.6 Å². The lowest BCUT2D eigenvalue weighted by Gasteiger charge is -2.11. The maximum atomic E-state index is 10.9. The molecule has 5 nitrogen and oxygen atoms in total. The summed E-state index contributed by atoms with van der Waals surface area (Å²) in [6.07, 6.45) is 1.59. The monoisotopic (exact) mass is 280 g/mol. The predicted octanol–water partition coefficient (Wildman–Crippen LogP) is 3.69. The Kier molecular flexibility index (Phi) is 4.19. The predicted molar refractivity (Wildman–Crippen MR) is 72.1 cm³/mol. The molecule has 1 atom stereocenters. The first kappa shape index (κ1) is 13.6. The third-order valence-corrected chi connectivity index (χ3v) is 3.04. The Balaban J connectivity index is 2.10. The van der Waals surface area contributed by atoms with Gasteiger partial charge in [0.25, 0.3) is 5.69 Å². The molecular weight excluding hydrogens is 268 g/mol. The van der Waals surface area contributed by atoms with Gasteiger partial charge in [-0.1, -0.05) is 11.6 Å². The van der Waals surface area contributed by atoms with Gasteiger partial charge in [0, 0.05) is 23.2 Å². The number of nitrogens with zero attached hydrogens (tertiary/aromatic N) is 1. The summed E-state index contributed by atoms with van der Waals surface area (Å²) in [4.78, 5) is 10.5. The van der Waals surface area contributed by atoms with Gasteiger partial charge in [-0.25, -0.2) is 0 Å². The van der Waals surface area contributed by atoms with Crippen LogP contribution in [0.5, 0.6) is 0 Å². The fourth-order valence-corrected chi connectivity index (χ4v) is 1.97. The molecule has 0 radical (unpaired) electrons. The normalized spacial score (nSPS) is 12.3. The molecule has 100 valence electrons. The van der Waals surface area contributed by atoms with E-state index in [9.17, 15) is 10.1 Å². The van der Waals surface area contributed by atoms with Gasteiger partial charge in [-0.2, -0.15) is 0 Å². The van der Waals surface area contributed by atoms with Crippen LogP contribution in [0.4, 0.5) is 5.69 Å². The van der Waals surface area contributed by atoms with E-state index >= 15 is 0 Å². The molecule has 1 aromatic heterocycles. The van der Waals surface area contributed by atoms with E-state index in [0.29, 0.717) is 17.1 Å². The lowest BCUT2D eigenvalue weighted by atomic mass is 10.1. The number of benzene rings is 1. The largest absolute Gasteiger partial charge is 0.468 e. The summed E-state index contributed by atoms with van der Waals surface area (Å²) in [7, 11) is 0. The smallest absolute Gasteiger partial charge is 0.273 e. The van der Waals surface area contributed by atoms with Crippen molar-refractivity contribution in [1.82, 2.24) is 5.32 Å². The number of rotatable bonds is 5. The lowest BCUT2D eigenvalue weighted by Crippen LogP contribution is -2.18. The molecule has 0 aliphatic heterocycles. The minimum atomic E-state index is -0.412. The van der Waals surface area contributed by atoms with Gasteiger partial charge in [0.1, 0.15) is 5.76 Å². The molecule has 19 heavy (non-hydrogen) atoms. The van der Waals surface area contributed by atoms with E-state index in [4.69, 9.17) is 16.0 Å². The summed E-state index contributed by atoms with van der Waals surface area (Å²) in [6.45, 7) is 2.27. The third-order valence-electron chi connectivity index (χ3n) is 2.81. The zero-order chi connectivity index (χ0) is 13.8. The highest BCUT2D eigenvalue weighted by molar-refractivity contribution is 6.30. The minimum Gasteiger partial charge on any atom is -0.468 e. The Hall–Kier alpha value is -1.85. The SMILES string of the molecule is C[C@@H](NCc1cc(Cl)ccc1[N+](=O)[O-])c1ccco1. The Labute approximate surface area is 115 Å². The van der Waals surface area contributed by atoms with Gasteiger partial charge in [-0.05, 0) is 31.2 Å². The highest BCUT2D eigenvalue weighted by Gasteiger charge is 2.15. The van der Waals surface area contributed by atoms with Gasteiger partial charge >= 0.3 is 0 Å². The summed E-state index contributed by atoms with van der Waals surface area (Å²) >= 11 is 5.87. The van der Waals surface area contributed by atoms with Gasteiger partial charge in [0.15, 0.2) is 0 Å². The van der Waals surface area contributed by atoms with Crippen LogP contribution in [-0.4, -0.2) is 4.92 Å². The summed E-state index contributed by atoms with van der Waals surface area (Å²) < 4.78 is 5.26. The van der Waals surface area contributed by atoms with Gasteiger partial charge in [-0.3, -0.25) is 10.1 Å². The van der Waals surface area contributed by atoms with Crippen molar-refractivity contribution in [2.75, 3.05) is 0 Å². The first-order chi connectivity index (χ1) is 9.08. The Morgan fingerprint density at radius 3 is 2.89 bits per heavy atom. The molecule has 0 fully saturated rings. The molecule has 0 bridgehead atoms. The number of furan rings is 1. The van der Waals surface area contributed by atoms with E-state index in [1.807, 2.05) is 13.0 Å². The average molecular weight is 281 g/mol. The molecule has 0 saturated carbocycles. The summed E-state index contributed by atoms with van der Waals surface area (Å²) in [6, 6.07) is 8.14. The molecule has 0 saturated heterocycles. The van der Waals surface area contributed by atoms with Crippen LogP contribution in [0.25, 0.3) is 0 Å². The quantitative estimate of drug-likeness (QED) is 0.670. The van der Waals surface area contributed by atoms with Gasteiger partial charge in [0.2, 0.25) is 0 Å². The van der Waals surface area contributed by atoms with Crippen LogP contribution < -0.4 is 5.32 Å². The molecule has 2 rings (SSSR count). The Morgan fingerprint density at radius 2 is 2.26 bits per heavy atom. The Bertz CT molecular complexity index is 569. The molecule has 0 spiro atoms. The van der Waals surface area contributed by atoms with Crippen LogP contribution in [0.2, 0.25) is 5.02 Å². The van der Waals surface area contributed by atoms with E-state index in [-0.39, 0.29) is 11.7 Å². The number of nitrogens with one attached hydrogen (secondary N) is 1. The van der Waals surface area contributed by atoms with E-state index in [2.05, 4.69) is 5.32 Å². The van der Waals surface area contributed by atoms with Crippen LogP contribution in [-0.2, 0) is 6.54 Å². The highest BCUT2D eigenvalue weighted by Crippen LogP contribution is 2.23. The molecule has 0 aliphatic carbocycles. The number of nitro benzene ring substituents is 1. The Morgan fingerprint density at radius 1 is 1.47 bits per heavy atom. The fraction of sp³-hybridized carbons (Fsp3) is 0.231. The van der Waals surface area contributed by atoms with E-state index in [1.54, 1.807) is 18.4 Å². The van der Waals surface area contributed by atoms with E-state index in [1.165, 1.54) is 12.1 Å². The molecule has 0 amide bonds. The van der Waals surface area contributed by atoms with Crippen molar-refractivity contribution in [3.8, 4) is 0 Å². The average Bonchev–Trinajstić information content (AvgIpc) is 2.89. The molecular formula is C13H13ClN2O3. The van der Waals surface area contributed by atoms with E-state index < -0.39 is 4.92 Å². The first-order valence-electron chi connectivity index (χ1n) is 5.77. The number of nitro groups is 1. The van der Waals surface area contributed by atoms with Gasteiger partial charge in [0.05, 0.1) is 17.2 Å². The van der Waals surface area contributed by atoms with Crippen molar-refractivity contribution >= 4 is 17.3 Å². The number of hydrogen-bond acceptors (Lipinski definition) is 4. The van der Waals surface area contributed by atoms with Crippen LogP contribution in [0, 0.1) is 10.1 Å². The molecule has 1 N–H and O–H groups in total. The topological polar surface area (TPSA) is 68.3 Å². The zero-order valence-corrected chi connectivity index (χ0v) is 11.1. The van der Waals surface area contributed by atoms with Crippen molar-refractivity contribution in [2.24, 2.45) is 0 Å². The molecule has 2 aromatic rings. The number of halogens is 1.